The molecule has 1 aliphatic carbocycles. The minimum atomic E-state index is 0.759. The number of hydrogen-bond donors (Lipinski definition) is 0. The van der Waals surface area contributed by atoms with Gasteiger partial charge in [0.1, 0.15) is 0 Å². The molecule has 1 nitrogen and oxygen atoms in total. The molecular formula is C11H17N. The highest BCUT2D eigenvalue weighted by molar-refractivity contribution is 4.96. The monoisotopic (exact) mass is 163 g/mol. The van der Waals surface area contributed by atoms with Crippen LogP contribution in [-0.2, 0) is 0 Å². The molecule has 1 fully saturated rings. The lowest BCUT2D eigenvalue weighted by Crippen LogP contribution is -2.12. The van der Waals surface area contributed by atoms with Crippen LogP contribution in [0.5, 0.6) is 0 Å². The van der Waals surface area contributed by atoms with Crippen LogP contribution in [0.3, 0.4) is 0 Å². The summed E-state index contributed by atoms with van der Waals surface area (Å²) in [4.78, 5) is 0. The molecule has 1 heterocycles. The van der Waals surface area contributed by atoms with Gasteiger partial charge in [0.05, 0.1) is 0 Å². The van der Waals surface area contributed by atoms with E-state index in [1.54, 1.807) is 0 Å². The predicted octanol–water partition coefficient (Wildman–Crippen LogP) is 3.10. The molecule has 0 amide bonds. The van der Waals surface area contributed by atoms with Crippen molar-refractivity contribution in [1.29, 1.82) is 0 Å². The molecule has 3 unspecified atom stereocenters. The number of aromatic nitrogens is 1. The van der Waals surface area contributed by atoms with Crippen molar-refractivity contribution in [1.82, 2.24) is 4.57 Å². The summed E-state index contributed by atoms with van der Waals surface area (Å²) in [6.45, 7) is 4.75. The molecule has 2 rings (SSSR count). The molecule has 0 saturated heterocycles. The quantitative estimate of drug-likeness (QED) is 0.599. The second-order valence-electron chi connectivity index (χ2n) is 4.11. The zero-order valence-electron chi connectivity index (χ0n) is 7.90. The van der Waals surface area contributed by atoms with Crippen molar-refractivity contribution in [2.45, 2.75) is 32.7 Å². The maximum atomic E-state index is 2.38. The highest BCUT2D eigenvalue weighted by Crippen LogP contribution is 2.39. The SMILES string of the molecule is CC1CCC(n2cccc2)C1C. The van der Waals surface area contributed by atoms with Crippen LogP contribution in [0, 0.1) is 11.8 Å². The van der Waals surface area contributed by atoms with E-state index in [-0.39, 0.29) is 0 Å². The minimum absolute atomic E-state index is 0.759. The van der Waals surface area contributed by atoms with E-state index in [0.717, 1.165) is 17.9 Å². The lowest BCUT2D eigenvalue weighted by atomic mass is 9.98. The largest absolute Gasteiger partial charge is 0.351 e. The van der Waals surface area contributed by atoms with Crippen LogP contribution in [-0.4, -0.2) is 4.57 Å². The van der Waals surface area contributed by atoms with Gasteiger partial charge < -0.3 is 4.57 Å². The van der Waals surface area contributed by atoms with Gasteiger partial charge in [0, 0.05) is 18.4 Å². The zero-order chi connectivity index (χ0) is 8.55. The standard InChI is InChI=1S/C11H17N/c1-9-5-6-11(10(9)2)12-7-3-4-8-12/h3-4,7-11H,5-6H2,1-2H3. The lowest BCUT2D eigenvalue weighted by Gasteiger charge is -2.19. The molecule has 1 aromatic rings. The molecule has 1 aliphatic rings. The molecule has 0 aromatic carbocycles. The maximum Gasteiger partial charge on any atom is 0.0358 e. The van der Waals surface area contributed by atoms with Gasteiger partial charge in [-0.15, -0.1) is 0 Å². The first-order valence-corrected chi connectivity index (χ1v) is 4.91. The summed E-state index contributed by atoms with van der Waals surface area (Å²) in [5.41, 5.74) is 0. The fraction of sp³-hybridized carbons (Fsp3) is 0.636. The predicted molar refractivity (Wildman–Crippen MR) is 51.0 cm³/mol. The third-order valence-corrected chi connectivity index (χ3v) is 3.43. The summed E-state index contributed by atoms with van der Waals surface area (Å²) in [7, 11) is 0. The van der Waals surface area contributed by atoms with Gasteiger partial charge in [0.25, 0.3) is 0 Å². The molecule has 66 valence electrons. The van der Waals surface area contributed by atoms with E-state index in [9.17, 15) is 0 Å². The van der Waals surface area contributed by atoms with Gasteiger partial charge in [-0.2, -0.15) is 0 Å². The number of nitrogens with zero attached hydrogens (tertiary/aromatic N) is 1. The first-order valence-electron chi connectivity index (χ1n) is 4.91. The van der Waals surface area contributed by atoms with Crippen molar-refractivity contribution < 1.29 is 0 Å². The molecule has 1 aromatic heterocycles. The van der Waals surface area contributed by atoms with E-state index in [1.807, 2.05) is 0 Å². The zero-order valence-corrected chi connectivity index (χ0v) is 7.90. The van der Waals surface area contributed by atoms with Gasteiger partial charge in [-0.05, 0) is 36.8 Å². The molecule has 1 heteroatoms. The van der Waals surface area contributed by atoms with Gasteiger partial charge in [0.2, 0.25) is 0 Å². The average Bonchev–Trinajstić information content (AvgIpc) is 2.64. The summed E-state index contributed by atoms with van der Waals surface area (Å²) in [5.74, 6) is 1.75. The third-order valence-electron chi connectivity index (χ3n) is 3.43. The van der Waals surface area contributed by atoms with Gasteiger partial charge in [-0.25, -0.2) is 0 Å². The van der Waals surface area contributed by atoms with Gasteiger partial charge in [-0.3, -0.25) is 0 Å². The first kappa shape index (κ1) is 7.90. The fourth-order valence-electron chi connectivity index (χ4n) is 2.33. The Balaban J connectivity index is 2.16. The Morgan fingerprint density at radius 1 is 1.08 bits per heavy atom. The van der Waals surface area contributed by atoms with Crippen LogP contribution in [0.25, 0.3) is 0 Å². The normalized spacial score (nSPS) is 35.7. The molecule has 0 N–H and O–H groups in total. The van der Waals surface area contributed by atoms with Crippen LogP contribution < -0.4 is 0 Å². The molecule has 0 aliphatic heterocycles. The molecule has 0 bridgehead atoms. The van der Waals surface area contributed by atoms with Gasteiger partial charge >= 0.3 is 0 Å². The topological polar surface area (TPSA) is 4.93 Å². The summed E-state index contributed by atoms with van der Waals surface area (Å²) in [6.07, 6.45) is 7.14. The summed E-state index contributed by atoms with van der Waals surface area (Å²) < 4.78 is 2.37. The fourth-order valence-corrected chi connectivity index (χ4v) is 2.33. The lowest BCUT2D eigenvalue weighted by molar-refractivity contribution is 0.353. The van der Waals surface area contributed by atoms with Crippen LogP contribution in [0.2, 0.25) is 0 Å². The van der Waals surface area contributed by atoms with Crippen molar-refractivity contribution >= 4 is 0 Å². The van der Waals surface area contributed by atoms with Crippen LogP contribution in [0.1, 0.15) is 32.7 Å². The number of rotatable bonds is 1. The van der Waals surface area contributed by atoms with E-state index in [2.05, 4.69) is 42.9 Å². The molecule has 3 atom stereocenters. The van der Waals surface area contributed by atoms with Crippen LogP contribution in [0.4, 0.5) is 0 Å². The Hall–Kier alpha value is -0.720. The van der Waals surface area contributed by atoms with E-state index in [0.29, 0.717) is 0 Å². The Morgan fingerprint density at radius 3 is 2.25 bits per heavy atom. The second-order valence-corrected chi connectivity index (χ2v) is 4.11. The summed E-state index contributed by atoms with van der Waals surface area (Å²) >= 11 is 0. The Bertz CT molecular complexity index is 238. The molecule has 12 heavy (non-hydrogen) atoms. The summed E-state index contributed by atoms with van der Waals surface area (Å²) in [5, 5.41) is 0. The average molecular weight is 163 g/mol. The molecule has 0 radical (unpaired) electrons. The van der Waals surface area contributed by atoms with E-state index in [1.165, 1.54) is 12.8 Å². The van der Waals surface area contributed by atoms with Crippen molar-refractivity contribution in [3.8, 4) is 0 Å². The van der Waals surface area contributed by atoms with E-state index in [4.69, 9.17) is 0 Å². The Morgan fingerprint density at radius 2 is 1.75 bits per heavy atom. The Labute approximate surface area is 74.4 Å². The van der Waals surface area contributed by atoms with Crippen LogP contribution in [0.15, 0.2) is 24.5 Å². The van der Waals surface area contributed by atoms with Crippen molar-refractivity contribution in [3.63, 3.8) is 0 Å². The van der Waals surface area contributed by atoms with E-state index >= 15 is 0 Å². The van der Waals surface area contributed by atoms with E-state index < -0.39 is 0 Å². The minimum Gasteiger partial charge on any atom is -0.351 e. The smallest absolute Gasteiger partial charge is 0.0358 e. The first-order chi connectivity index (χ1) is 5.79. The third kappa shape index (κ3) is 1.17. The molecular weight excluding hydrogens is 146 g/mol. The summed E-state index contributed by atoms with van der Waals surface area (Å²) in [6, 6.07) is 5.00. The highest BCUT2D eigenvalue weighted by atomic mass is 15.0. The van der Waals surface area contributed by atoms with Crippen LogP contribution >= 0.6 is 0 Å². The highest BCUT2D eigenvalue weighted by Gasteiger charge is 2.30. The van der Waals surface area contributed by atoms with Gasteiger partial charge in [0.15, 0.2) is 0 Å². The number of hydrogen-bond acceptors (Lipinski definition) is 0. The second kappa shape index (κ2) is 2.96. The maximum absolute atomic E-state index is 2.38. The van der Waals surface area contributed by atoms with Crippen molar-refractivity contribution in [2.75, 3.05) is 0 Å². The molecule has 0 spiro atoms. The molecule has 1 saturated carbocycles. The van der Waals surface area contributed by atoms with Gasteiger partial charge in [-0.1, -0.05) is 13.8 Å². The van der Waals surface area contributed by atoms with Crippen molar-refractivity contribution in [3.05, 3.63) is 24.5 Å². The van der Waals surface area contributed by atoms with Crippen molar-refractivity contribution in [2.24, 2.45) is 11.8 Å². The Kier molecular flexibility index (Phi) is 1.95.